The number of hydrogen-bond donors (Lipinski definition) is 1. The molecule has 2 heterocycles. The van der Waals surface area contributed by atoms with Gasteiger partial charge < -0.3 is 14.6 Å². The van der Waals surface area contributed by atoms with E-state index in [1.165, 1.54) is 17.4 Å². The Morgan fingerprint density at radius 2 is 2.06 bits per heavy atom. The van der Waals surface area contributed by atoms with Crippen molar-refractivity contribution >= 4 is 57.5 Å². The van der Waals surface area contributed by atoms with Crippen molar-refractivity contribution in [2.75, 3.05) is 11.9 Å². The molecule has 0 aliphatic heterocycles. The number of aromatic nitrogens is 1. The Labute approximate surface area is 199 Å². The normalized spacial score (nSPS) is 11.2. The van der Waals surface area contributed by atoms with E-state index in [0.29, 0.717) is 27.3 Å². The number of halogens is 2. The second-order valence-corrected chi connectivity index (χ2v) is 8.84. The van der Waals surface area contributed by atoms with E-state index in [1.54, 1.807) is 31.2 Å². The van der Waals surface area contributed by atoms with E-state index < -0.39 is 11.9 Å². The summed E-state index contributed by atoms with van der Waals surface area (Å²) in [5.74, 6) is -1.14. The van der Waals surface area contributed by atoms with E-state index in [0.717, 1.165) is 10.4 Å². The topological polar surface area (TPSA) is 84.1 Å². The first-order valence-corrected chi connectivity index (χ1v) is 11.2. The highest BCUT2D eigenvalue weighted by atomic mass is 35.5. The lowest BCUT2D eigenvalue weighted by Crippen LogP contribution is -2.15. The number of carbonyl (C=O) groups is 2. The molecule has 1 aromatic carbocycles. The molecule has 1 amide bonds. The minimum atomic E-state index is -0.614. The van der Waals surface area contributed by atoms with Gasteiger partial charge in [-0.05, 0) is 55.8 Å². The molecular formula is C23H19Cl2N3O3S. The highest BCUT2D eigenvalue weighted by Crippen LogP contribution is 2.29. The summed E-state index contributed by atoms with van der Waals surface area (Å²) in [6.45, 7) is 4.18. The Bertz CT molecular complexity index is 1240. The summed E-state index contributed by atoms with van der Waals surface area (Å²) in [6, 6.07) is 12.4. The molecule has 3 aromatic rings. The van der Waals surface area contributed by atoms with Gasteiger partial charge in [-0.25, -0.2) is 4.79 Å². The molecular weight excluding hydrogens is 469 g/mol. The van der Waals surface area contributed by atoms with Crippen LogP contribution in [0.4, 0.5) is 5.00 Å². The number of ether oxygens (including phenoxy) is 1. The van der Waals surface area contributed by atoms with Gasteiger partial charge in [0.15, 0.2) is 0 Å². The fraction of sp³-hybridized carbons (Fsp3) is 0.174. The maximum atomic E-state index is 12.8. The molecule has 164 valence electrons. The van der Waals surface area contributed by atoms with Crippen molar-refractivity contribution in [2.45, 2.75) is 20.4 Å². The quantitative estimate of drug-likeness (QED) is 0.254. The van der Waals surface area contributed by atoms with Crippen LogP contribution in [0, 0.1) is 18.3 Å². The van der Waals surface area contributed by atoms with E-state index in [-0.39, 0.29) is 17.7 Å². The maximum absolute atomic E-state index is 12.8. The van der Waals surface area contributed by atoms with Crippen LogP contribution in [-0.4, -0.2) is 23.1 Å². The van der Waals surface area contributed by atoms with Gasteiger partial charge in [-0.1, -0.05) is 29.3 Å². The average Bonchev–Trinajstić information content (AvgIpc) is 3.34. The SMILES string of the molecule is CCOC(=O)c1cc(C)sc1NC(=O)C(C#N)=Cc1cccn1Cc1ccc(Cl)cc1Cl. The summed E-state index contributed by atoms with van der Waals surface area (Å²) >= 11 is 13.5. The van der Waals surface area contributed by atoms with Crippen LogP contribution in [0.25, 0.3) is 6.08 Å². The molecule has 6 nitrogen and oxygen atoms in total. The first-order valence-electron chi connectivity index (χ1n) is 9.62. The number of benzene rings is 1. The second kappa shape index (κ2) is 10.5. The van der Waals surface area contributed by atoms with Crippen LogP contribution in [0.2, 0.25) is 10.0 Å². The number of hydrogen-bond acceptors (Lipinski definition) is 5. The Hall–Kier alpha value is -3.05. The smallest absolute Gasteiger partial charge is 0.341 e. The maximum Gasteiger partial charge on any atom is 0.341 e. The number of nitriles is 1. The van der Waals surface area contributed by atoms with Crippen molar-refractivity contribution < 1.29 is 14.3 Å². The molecule has 0 fully saturated rings. The number of amides is 1. The fourth-order valence-corrected chi connectivity index (χ4v) is 4.33. The monoisotopic (exact) mass is 487 g/mol. The third kappa shape index (κ3) is 5.60. The van der Waals surface area contributed by atoms with Crippen molar-refractivity contribution in [3.05, 3.63) is 79.9 Å². The summed E-state index contributed by atoms with van der Waals surface area (Å²) in [4.78, 5) is 25.8. The lowest BCUT2D eigenvalue weighted by Gasteiger charge is -2.10. The Morgan fingerprint density at radius 1 is 1.28 bits per heavy atom. The number of anilines is 1. The average molecular weight is 488 g/mol. The van der Waals surface area contributed by atoms with Gasteiger partial charge in [0.2, 0.25) is 0 Å². The van der Waals surface area contributed by atoms with Gasteiger partial charge in [0.25, 0.3) is 5.91 Å². The first-order chi connectivity index (χ1) is 15.3. The van der Waals surface area contributed by atoms with Gasteiger partial charge in [-0.3, -0.25) is 4.79 Å². The van der Waals surface area contributed by atoms with Crippen LogP contribution in [-0.2, 0) is 16.1 Å². The van der Waals surface area contributed by atoms with E-state index >= 15 is 0 Å². The van der Waals surface area contributed by atoms with Crippen LogP contribution in [0.15, 0.2) is 48.2 Å². The molecule has 0 saturated carbocycles. The number of aryl methyl sites for hydroxylation is 1. The van der Waals surface area contributed by atoms with Crippen molar-refractivity contribution in [2.24, 2.45) is 0 Å². The molecule has 0 atom stereocenters. The number of thiophene rings is 1. The number of carbonyl (C=O) groups excluding carboxylic acids is 2. The summed E-state index contributed by atoms with van der Waals surface area (Å²) in [6.07, 6.45) is 3.31. The minimum Gasteiger partial charge on any atom is -0.462 e. The Kier molecular flexibility index (Phi) is 7.75. The molecule has 0 saturated heterocycles. The second-order valence-electron chi connectivity index (χ2n) is 6.74. The summed E-state index contributed by atoms with van der Waals surface area (Å²) in [5.41, 5.74) is 1.66. The number of nitrogens with one attached hydrogen (secondary N) is 1. The first kappa shape index (κ1) is 23.6. The predicted molar refractivity (Wildman–Crippen MR) is 127 cm³/mol. The molecule has 0 spiro atoms. The number of rotatable bonds is 7. The molecule has 0 radical (unpaired) electrons. The van der Waals surface area contributed by atoms with Crippen molar-refractivity contribution in [1.82, 2.24) is 4.57 Å². The van der Waals surface area contributed by atoms with Gasteiger partial charge >= 0.3 is 5.97 Å². The molecule has 32 heavy (non-hydrogen) atoms. The summed E-state index contributed by atoms with van der Waals surface area (Å²) in [7, 11) is 0. The molecule has 1 N–H and O–H groups in total. The van der Waals surface area contributed by atoms with E-state index in [4.69, 9.17) is 27.9 Å². The standard InChI is InChI=1S/C23H19Cl2N3O3S/c1-3-31-23(30)19-9-14(2)32-22(19)27-21(29)16(12-26)10-18-5-4-8-28(18)13-15-6-7-17(24)11-20(15)25/h4-11H,3,13H2,1-2H3,(H,27,29). The largest absolute Gasteiger partial charge is 0.462 e. The van der Waals surface area contributed by atoms with E-state index in [9.17, 15) is 14.9 Å². The number of nitrogens with zero attached hydrogens (tertiary/aromatic N) is 2. The van der Waals surface area contributed by atoms with E-state index in [2.05, 4.69) is 5.32 Å². The highest BCUT2D eigenvalue weighted by molar-refractivity contribution is 7.16. The Balaban J connectivity index is 1.84. The Morgan fingerprint density at radius 3 is 2.75 bits per heavy atom. The van der Waals surface area contributed by atoms with E-state index in [1.807, 2.05) is 35.9 Å². The molecule has 0 aliphatic carbocycles. The van der Waals surface area contributed by atoms with Gasteiger partial charge in [-0.2, -0.15) is 5.26 Å². The summed E-state index contributed by atoms with van der Waals surface area (Å²) in [5, 5.41) is 13.7. The third-order valence-corrected chi connectivity index (χ3v) is 6.01. The lowest BCUT2D eigenvalue weighted by atomic mass is 10.2. The van der Waals surface area contributed by atoms with Crippen molar-refractivity contribution in [1.29, 1.82) is 5.26 Å². The van der Waals surface area contributed by atoms with Crippen LogP contribution in [0.3, 0.4) is 0 Å². The van der Waals surface area contributed by atoms with Crippen LogP contribution < -0.4 is 5.32 Å². The van der Waals surface area contributed by atoms with Gasteiger partial charge in [0.1, 0.15) is 16.6 Å². The van der Waals surface area contributed by atoms with Crippen LogP contribution >= 0.6 is 34.5 Å². The fourth-order valence-electron chi connectivity index (χ4n) is 2.97. The molecule has 9 heteroatoms. The van der Waals surface area contributed by atoms with Gasteiger partial charge in [0.05, 0.1) is 12.2 Å². The molecule has 0 bridgehead atoms. The van der Waals surface area contributed by atoms with Crippen molar-refractivity contribution in [3.63, 3.8) is 0 Å². The molecule has 3 rings (SSSR count). The number of esters is 1. The zero-order valence-electron chi connectivity index (χ0n) is 17.3. The predicted octanol–water partition coefficient (Wildman–Crippen LogP) is 5.94. The van der Waals surface area contributed by atoms with Crippen LogP contribution in [0.1, 0.15) is 33.4 Å². The van der Waals surface area contributed by atoms with Gasteiger partial charge in [-0.15, -0.1) is 11.3 Å². The zero-order chi connectivity index (χ0) is 23.3. The molecule has 0 unspecified atom stereocenters. The summed E-state index contributed by atoms with van der Waals surface area (Å²) < 4.78 is 6.90. The highest BCUT2D eigenvalue weighted by Gasteiger charge is 2.20. The van der Waals surface area contributed by atoms with Crippen LogP contribution in [0.5, 0.6) is 0 Å². The van der Waals surface area contributed by atoms with Gasteiger partial charge in [0, 0.05) is 33.4 Å². The van der Waals surface area contributed by atoms with Crippen molar-refractivity contribution in [3.8, 4) is 6.07 Å². The molecule has 0 aliphatic rings. The lowest BCUT2D eigenvalue weighted by molar-refractivity contribution is -0.112. The minimum absolute atomic E-state index is 0.104. The molecule has 2 aromatic heterocycles. The zero-order valence-corrected chi connectivity index (χ0v) is 19.6. The third-order valence-electron chi connectivity index (χ3n) is 4.46.